The van der Waals surface area contributed by atoms with Crippen LogP contribution >= 0.6 is 0 Å². The topological polar surface area (TPSA) is 26.3 Å². The zero-order valence-corrected chi connectivity index (χ0v) is 16.9. The number of benzene rings is 1. The molecule has 0 aromatic heterocycles. The van der Waals surface area contributed by atoms with Crippen LogP contribution in [-0.2, 0) is 9.53 Å². The maximum atomic E-state index is 13.1. The molecule has 0 saturated carbocycles. The van der Waals surface area contributed by atoms with E-state index >= 15 is 0 Å². The molecule has 1 aromatic carbocycles. The summed E-state index contributed by atoms with van der Waals surface area (Å²) < 4.78 is 7.36. The number of rotatable bonds is 5. The molecule has 0 radical (unpaired) electrons. The van der Waals surface area contributed by atoms with Gasteiger partial charge in [0.2, 0.25) is 0 Å². The molecule has 2 saturated heterocycles. The van der Waals surface area contributed by atoms with Crippen molar-refractivity contribution in [2.75, 3.05) is 13.6 Å². The summed E-state index contributed by atoms with van der Waals surface area (Å²) in [4.78, 5) is 13.1. The molecule has 3 unspecified atom stereocenters. The standard InChI is InChI=1S/C24H34NO2/c1-3-15-25(2)19-13-14-20(25)17-21(16-19)27-24(26)23-12-8-7-11-22(23)18-9-5-4-6-10-18/h4-6,9-11,19-21,23H,3,7-8,12-17H2,1-2H3/q+1. The van der Waals surface area contributed by atoms with E-state index in [-0.39, 0.29) is 18.0 Å². The second kappa shape index (κ2) is 7.79. The minimum absolute atomic E-state index is 0.0146. The van der Waals surface area contributed by atoms with E-state index in [4.69, 9.17) is 4.74 Å². The van der Waals surface area contributed by atoms with E-state index in [2.05, 4.69) is 44.3 Å². The molecule has 2 bridgehead atoms. The maximum absolute atomic E-state index is 13.1. The fourth-order valence-electron chi connectivity index (χ4n) is 5.95. The molecule has 146 valence electrons. The van der Waals surface area contributed by atoms with Crippen molar-refractivity contribution in [3.05, 3.63) is 42.0 Å². The fourth-order valence-corrected chi connectivity index (χ4v) is 5.95. The van der Waals surface area contributed by atoms with Gasteiger partial charge in [0.25, 0.3) is 0 Å². The van der Waals surface area contributed by atoms with Gasteiger partial charge in [0.1, 0.15) is 6.10 Å². The number of ether oxygens (including phenoxy) is 1. The van der Waals surface area contributed by atoms with Gasteiger partial charge < -0.3 is 9.22 Å². The van der Waals surface area contributed by atoms with Gasteiger partial charge in [-0.3, -0.25) is 4.79 Å². The summed E-state index contributed by atoms with van der Waals surface area (Å²) in [7, 11) is 2.43. The molecule has 2 fully saturated rings. The Bertz CT molecular complexity index is 682. The molecule has 2 aliphatic heterocycles. The van der Waals surface area contributed by atoms with Crippen LogP contribution in [0.15, 0.2) is 36.4 Å². The Morgan fingerprint density at radius 2 is 1.81 bits per heavy atom. The van der Waals surface area contributed by atoms with Crippen molar-refractivity contribution in [1.82, 2.24) is 0 Å². The van der Waals surface area contributed by atoms with Crippen molar-refractivity contribution >= 4 is 11.5 Å². The Morgan fingerprint density at radius 1 is 1.11 bits per heavy atom. The number of fused-ring (bicyclic) bond motifs is 2. The van der Waals surface area contributed by atoms with E-state index in [9.17, 15) is 4.79 Å². The summed E-state index contributed by atoms with van der Waals surface area (Å²) in [6, 6.07) is 11.7. The maximum Gasteiger partial charge on any atom is 0.313 e. The lowest BCUT2D eigenvalue weighted by atomic mass is 9.83. The summed E-state index contributed by atoms with van der Waals surface area (Å²) in [5.41, 5.74) is 2.35. The molecule has 1 aromatic rings. The number of quaternary nitrogens is 1. The van der Waals surface area contributed by atoms with Gasteiger partial charge >= 0.3 is 5.97 Å². The van der Waals surface area contributed by atoms with E-state index < -0.39 is 0 Å². The quantitative estimate of drug-likeness (QED) is 0.542. The Hall–Kier alpha value is -1.61. The summed E-state index contributed by atoms with van der Waals surface area (Å²) in [6.07, 6.45) is 11.4. The Balaban J connectivity index is 1.44. The number of carbonyl (C=O) groups is 1. The zero-order valence-electron chi connectivity index (χ0n) is 16.9. The molecule has 3 heteroatoms. The Labute approximate surface area is 164 Å². The zero-order chi connectivity index (χ0) is 18.9. The third-order valence-corrected chi connectivity index (χ3v) is 7.39. The predicted octanol–water partition coefficient (Wildman–Crippen LogP) is 4.96. The number of esters is 1. The lowest BCUT2D eigenvalue weighted by molar-refractivity contribution is -0.949. The molecule has 3 aliphatic rings. The predicted molar refractivity (Wildman–Crippen MR) is 109 cm³/mol. The third-order valence-electron chi connectivity index (χ3n) is 7.39. The minimum Gasteiger partial charge on any atom is -0.461 e. The van der Waals surface area contributed by atoms with Crippen LogP contribution in [0.4, 0.5) is 0 Å². The first kappa shape index (κ1) is 18.7. The average Bonchev–Trinajstić information content (AvgIpc) is 2.86. The summed E-state index contributed by atoms with van der Waals surface area (Å²) >= 11 is 0. The lowest BCUT2D eigenvalue weighted by Crippen LogP contribution is -2.59. The minimum atomic E-state index is -0.0859. The number of allylic oxidation sites excluding steroid dienone is 1. The first-order valence-electron chi connectivity index (χ1n) is 10.9. The van der Waals surface area contributed by atoms with Crippen molar-refractivity contribution in [1.29, 1.82) is 0 Å². The van der Waals surface area contributed by atoms with Gasteiger partial charge in [-0.1, -0.05) is 43.3 Å². The molecule has 2 heterocycles. The summed E-state index contributed by atoms with van der Waals surface area (Å²) in [5, 5.41) is 0. The largest absolute Gasteiger partial charge is 0.461 e. The highest BCUT2D eigenvalue weighted by Crippen LogP contribution is 2.43. The summed E-state index contributed by atoms with van der Waals surface area (Å²) in [6.45, 7) is 3.55. The third kappa shape index (κ3) is 3.59. The van der Waals surface area contributed by atoms with E-state index in [1.807, 2.05) is 6.07 Å². The molecule has 4 rings (SSSR count). The van der Waals surface area contributed by atoms with Crippen LogP contribution in [0, 0.1) is 5.92 Å². The first-order chi connectivity index (χ1) is 13.1. The molecular formula is C24H34NO2+. The van der Waals surface area contributed by atoms with Crippen molar-refractivity contribution in [3.8, 4) is 0 Å². The SMILES string of the molecule is CCC[N+]1(C)C2CCC1CC(OC(=O)C1CCCC=C1c1ccccc1)C2. The second-order valence-corrected chi connectivity index (χ2v) is 8.99. The van der Waals surface area contributed by atoms with Gasteiger partial charge in [0, 0.05) is 25.7 Å². The number of piperidine rings is 1. The van der Waals surface area contributed by atoms with Crippen LogP contribution in [0.2, 0.25) is 0 Å². The highest BCUT2D eigenvalue weighted by molar-refractivity contribution is 5.89. The van der Waals surface area contributed by atoms with E-state index in [0.29, 0.717) is 12.1 Å². The molecule has 3 atom stereocenters. The van der Waals surface area contributed by atoms with E-state index in [0.717, 1.165) is 32.1 Å². The smallest absolute Gasteiger partial charge is 0.313 e. The highest BCUT2D eigenvalue weighted by atomic mass is 16.5. The van der Waals surface area contributed by atoms with Crippen molar-refractivity contribution < 1.29 is 14.0 Å². The molecule has 0 spiro atoms. The monoisotopic (exact) mass is 368 g/mol. The normalized spacial score (nSPS) is 35.6. The molecular weight excluding hydrogens is 334 g/mol. The number of hydrogen-bond donors (Lipinski definition) is 0. The van der Waals surface area contributed by atoms with E-state index in [1.54, 1.807) is 0 Å². The van der Waals surface area contributed by atoms with Gasteiger partial charge in [0.05, 0.1) is 31.6 Å². The first-order valence-corrected chi connectivity index (χ1v) is 10.9. The Morgan fingerprint density at radius 3 is 2.48 bits per heavy atom. The number of carbonyl (C=O) groups excluding carboxylic acids is 1. The van der Waals surface area contributed by atoms with Crippen LogP contribution in [-0.4, -0.2) is 42.2 Å². The van der Waals surface area contributed by atoms with Crippen molar-refractivity contribution in [2.24, 2.45) is 5.92 Å². The van der Waals surface area contributed by atoms with Crippen LogP contribution in [0.3, 0.4) is 0 Å². The van der Waals surface area contributed by atoms with Gasteiger partial charge in [-0.25, -0.2) is 0 Å². The fraction of sp³-hybridized carbons (Fsp3) is 0.625. The average molecular weight is 369 g/mol. The van der Waals surface area contributed by atoms with E-state index in [1.165, 1.54) is 41.4 Å². The van der Waals surface area contributed by atoms with Gasteiger partial charge in [-0.05, 0) is 36.8 Å². The van der Waals surface area contributed by atoms with Crippen molar-refractivity contribution in [3.63, 3.8) is 0 Å². The van der Waals surface area contributed by atoms with Crippen LogP contribution in [0.25, 0.3) is 5.57 Å². The summed E-state index contributed by atoms with van der Waals surface area (Å²) in [5.74, 6) is -0.0713. The van der Waals surface area contributed by atoms with Gasteiger partial charge in [0.15, 0.2) is 0 Å². The van der Waals surface area contributed by atoms with Gasteiger partial charge in [-0.15, -0.1) is 0 Å². The molecule has 1 aliphatic carbocycles. The van der Waals surface area contributed by atoms with Gasteiger partial charge in [-0.2, -0.15) is 0 Å². The number of nitrogens with zero attached hydrogens (tertiary/aromatic N) is 1. The van der Waals surface area contributed by atoms with Crippen LogP contribution in [0.5, 0.6) is 0 Å². The molecule has 0 N–H and O–H groups in total. The van der Waals surface area contributed by atoms with Crippen LogP contribution in [0.1, 0.15) is 63.9 Å². The van der Waals surface area contributed by atoms with Crippen molar-refractivity contribution in [2.45, 2.75) is 76.5 Å². The molecule has 27 heavy (non-hydrogen) atoms. The lowest BCUT2D eigenvalue weighted by Gasteiger charge is -2.47. The number of hydrogen-bond acceptors (Lipinski definition) is 2. The Kier molecular flexibility index (Phi) is 5.41. The van der Waals surface area contributed by atoms with Crippen LogP contribution < -0.4 is 0 Å². The molecule has 0 amide bonds. The highest BCUT2D eigenvalue weighted by Gasteiger charge is 2.52. The second-order valence-electron chi connectivity index (χ2n) is 8.99. The molecule has 3 nitrogen and oxygen atoms in total.